The molecular weight excluding hydrogens is 416 g/mol. The van der Waals surface area contributed by atoms with Gasteiger partial charge >= 0.3 is 0 Å². The third-order valence-corrected chi connectivity index (χ3v) is 5.10. The number of rotatable bonds is 6. The van der Waals surface area contributed by atoms with Crippen molar-refractivity contribution in [2.75, 3.05) is 0 Å². The SMILES string of the molecule is CC(C)Cc1cc(-c2nnc3sc(COc4ccc(Br)cc4)nn23)n[nH]1. The molecule has 0 aliphatic rings. The summed E-state index contributed by atoms with van der Waals surface area (Å²) in [5.74, 6) is 1.99. The number of halogens is 1. The van der Waals surface area contributed by atoms with E-state index in [0.717, 1.165) is 38.0 Å². The summed E-state index contributed by atoms with van der Waals surface area (Å²) < 4.78 is 8.52. The number of nitrogens with zero attached hydrogens (tertiary/aromatic N) is 5. The van der Waals surface area contributed by atoms with Crippen LogP contribution in [0, 0.1) is 5.92 Å². The third-order valence-electron chi connectivity index (χ3n) is 3.70. The van der Waals surface area contributed by atoms with Crippen molar-refractivity contribution in [1.29, 1.82) is 0 Å². The Morgan fingerprint density at radius 1 is 1.23 bits per heavy atom. The van der Waals surface area contributed by atoms with Gasteiger partial charge in [-0.15, -0.1) is 10.2 Å². The van der Waals surface area contributed by atoms with Gasteiger partial charge in [-0.3, -0.25) is 5.10 Å². The number of hydrogen-bond donors (Lipinski definition) is 1. The first kappa shape index (κ1) is 17.2. The average Bonchev–Trinajstić information content (AvgIpc) is 3.29. The van der Waals surface area contributed by atoms with Gasteiger partial charge in [-0.25, -0.2) is 0 Å². The molecule has 4 aromatic rings. The molecule has 0 unspecified atom stereocenters. The largest absolute Gasteiger partial charge is 0.486 e. The molecule has 0 bridgehead atoms. The molecular formula is C17H17BrN6OS. The molecule has 26 heavy (non-hydrogen) atoms. The summed E-state index contributed by atoms with van der Waals surface area (Å²) in [5, 5.41) is 21.2. The van der Waals surface area contributed by atoms with Crippen LogP contribution in [-0.4, -0.2) is 30.0 Å². The first-order chi connectivity index (χ1) is 12.6. The topological polar surface area (TPSA) is 81.0 Å². The number of nitrogens with one attached hydrogen (secondary N) is 1. The molecule has 3 aromatic heterocycles. The standard InChI is InChI=1S/C17H17BrN6OS/c1-10(2)7-12-8-14(20-19-12)16-21-22-17-24(16)23-15(26-17)9-25-13-5-3-11(18)4-6-13/h3-6,8,10H,7,9H2,1-2H3,(H,19,20). The van der Waals surface area contributed by atoms with Gasteiger partial charge in [-0.05, 0) is 42.7 Å². The predicted molar refractivity (Wildman–Crippen MR) is 103 cm³/mol. The lowest BCUT2D eigenvalue weighted by Gasteiger charge is -2.03. The Morgan fingerprint density at radius 3 is 2.81 bits per heavy atom. The van der Waals surface area contributed by atoms with Crippen LogP contribution in [0.25, 0.3) is 16.5 Å². The van der Waals surface area contributed by atoms with E-state index in [-0.39, 0.29) is 0 Å². The number of aromatic nitrogens is 6. The Labute approximate surface area is 162 Å². The summed E-state index contributed by atoms with van der Waals surface area (Å²) in [7, 11) is 0. The van der Waals surface area contributed by atoms with E-state index in [1.807, 2.05) is 30.3 Å². The van der Waals surface area contributed by atoms with E-state index in [1.165, 1.54) is 11.3 Å². The highest BCUT2D eigenvalue weighted by molar-refractivity contribution is 9.10. The second kappa shape index (κ2) is 7.16. The van der Waals surface area contributed by atoms with Crippen LogP contribution in [0.4, 0.5) is 0 Å². The van der Waals surface area contributed by atoms with Gasteiger partial charge in [0.05, 0.1) is 0 Å². The molecule has 4 rings (SSSR count). The van der Waals surface area contributed by atoms with E-state index in [0.29, 0.717) is 18.3 Å². The molecule has 3 heterocycles. The fraction of sp³-hybridized carbons (Fsp3) is 0.294. The monoisotopic (exact) mass is 432 g/mol. The second-order valence-corrected chi connectivity index (χ2v) is 8.29. The third kappa shape index (κ3) is 3.63. The molecule has 0 aliphatic carbocycles. The summed E-state index contributed by atoms with van der Waals surface area (Å²) in [4.78, 5) is 0.725. The maximum absolute atomic E-state index is 5.78. The Balaban J connectivity index is 1.53. The van der Waals surface area contributed by atoms with Crippen molar-refractivity contribution in [3.8, 4) is 17.3 Å². The smallest absolute Gasteiger partial charge is 0.235 e. The Morgan fingerprint density at radius 2 is 2.04 bits per heavy atom. The Bertz CT molecular complexity index is 1020. The molecule has 0 amide bonds. The van der Waals surface area contributed by atoms with E-state index < -0.39 is 0 Å². The van der Waals surface area contributed by atoms with Gasteiger partial charge in [0.2, 0.25) is 10.8 Å². The van der Waals surface area contributed by atoms with Crippen molar-refractivity contribution in [3.63, 3.8) is 0 Å². The molecule has 0 saturated carbocycles. The minimum absolute atomic E-state index is 0.383. The number of fused-ring (bicyclic) bond motifs is 1. The zero-order chi connectivity index (χ0) is 18.1. The summed E-state index contributed by atoms with van der Waals surface area (Å²) in [6.45, 7) is 4.73. The zero-order valence-corrected chi connectivity index (χ0v) is 16.7. The first-order valence-corrected chi connectivity index (χ1v) is 9.83. The van der Waals surface area contributed by atoms with Crippen LogP contribution in [0.1, 0.15) is 24.5 Å². The molecule has 0 spiro atoms. The summed E-state index contributed by atoms with van der Waals surface area (Å²) in [6.07, 6.45) is 0.943. The van der Waals surface area contributed by atoms with E-state index >= 15 is 0 Å². The van der Waals surface area contributed by atoms with E-state index in [1.54, 1.807) is 4.52 Å². The highest BCUT2D eigenvalue weighted by Crippen LogP contribution is 2.23. The molecule has 0 atom stereocenters. The number of ether oxygens (including phenoxy) is 1. The lowest BCUT2D eigenvalue weighted by atomic mass is 10.1. The van der Waals surface area contributed by atoms with Crippen LogP contribution in [0.5, 0.6) is 5.75 Å². The van der Waals surface area contributed by atoms with Crippen LogP contribution < -0.4 is 4.74 Å². The first-order valence-electron chi connectivity index (χ1n) is 8.22. The van der Waals surface area contributed by atoms with E-state index in [4.69, 9.17) is 4.74 Å². The quantitative estimate of drug-likeness (QED) is 0.495. The van der Waals surface area contributed by atoms with Gasteiger partial charge in [0, 0.05) is 10.2 Å². The van der Waals surface area contributed by atoms with Crippen molar-refractivity contribution >= 4 is 32.2 Å². The van der Waals surface area contributed by atoms with Crippen LogP contribution in [-0.2, 0) is 13.0 Å². The lowest BCUT2D eigenvalue weighted by Crippen LogP contribution is -1.97. The predicted octanol–water partition coefficient (Wildman–Crippen LogP) is 4.12. The van der Waals surface area contributed by atoms with Crippen molar-refractivity contribution < 1.29 is 4.74 Å². The maximum Gasteiger partial charge on any atom is 0.235 e. The fourth-order valence-corrected chi connectivity index (χ4v) is 3.58. The molecule has 7 nitrogen and oxygen atoms in total. The van der Waals surface area contributed by atoms with Gasteiger partial charge in [0.15, 0.2) is 5.01 Å². The number of H-pyrrole nitrogens is 1. The van der Waals surface area contributed by atoms with E-state index in [2.05, 4.69) is 55.3 Å². The summed E-state index contributed by atoms with van der Waals surface area (Å²) in [6, 6.07) is 9.72. The second-order valence-electron chi connectivity index (χ2n) is 6.33. The minimum atomic E-state index is 0.383. The maximum atomic E-state index is 5.78. The molecule has 9 heteroatoms. The van der Waals surface area contributed by atoms with Gasteiger partial charge in [0.1, 0.15) is 18.1 Å². The lowest BCUT2D eigenvalue weighted by molar-refractivity contribution is 0.304. The minimum Gasteiger partial charge on any atom is -0.486 e. The summed E-state index contributed by atoms with van der Waals surface area (Å²) >= 11 is 4.87. The molecule has 0 radical (unpaired) electrons. The van der Waals surface area contributed by atoms with Gasteiger partial charge < -0.3 is 4.74 Å². The Kier molecular flexibility index (Phi) is 4.73. The van der Waals surface area contributed by atoms with Crippen LogP contribution in [0.3, 0.4) is 0 Å². The van der Waals surface area contributed by atoms with Crippen LogP contribution >= 0.6 is 27.3 Å². The number of hydrogen-bond acceptors (Lipinski definition) is 6. The van der Waals surface area contributed by atoms with Crippen molar-refractivity contribution in [2.45, 2.75) is 26.9 Å². The zero-order valence-electron chi connectivity index (χ0n) is 14.3. The van der Waals surface area contributed by atoms with Crippen LogP contribution in [0.15, 0.2) is 34.8 Å². The average molecular weight is 433 g/mol. The van der Waals surface area contributed by atoms with Gasteiger partial charge in [0.25, 0.3) is 0 Å². The van der Waals surface area contributed by atoms with Crippen molar-refractivity contribution in [1.82, 2.24) is 30.0 Å². The Hall–Kier alpha value is -2.26. The van der Waals surface area contributed by atoms with Gasteiger partial charge in [-0.1, -0.05) is 41.1 Å². The molecule has 1 N–H and O–H groups in total. The normalized spacial score (nSPS) is 11.5. The highest BCUT2D eigenvalue weighted by atomic mass is 79.9. The fourth-order valence-electron chi connectivity index (χ4n) is 2.57. The van der Waals surface area contributed by atoms with E-state index in [9.17, 15) is 0 Å². The van der Waals surface area contributed by atoms with Crippen molar-refractivity contribution in [2.24, 2.45) is 5.92 Å². The van der Waals surface area contributed by atoms with Gasteiger partial charge in [-0.2, -0.15) is 14.7 Å². The number of aromatic amines is 1. The summed E-state index contributed by atoms with van der Waals surface area (Å²) in [5.41, 5.74) is 1.83. The molecule has 0 aliphatic heterocycles. The molecule has 134 valence electrons. The number of benzene rings is 1. The van der Waals surface area contributed by atoms with Crippen LogP contribution in [0.2, 0.25) is 0 Å². The molecule has 1 aromatic carbocycles. The van der Waals surface area contributed by atoms with Crippen molar-refractivity contribution in [3.05, 3.63) is 45.5 Å². The molecule has 0 saturated heterocycles. The highest BCUT2D eigenvalue weighted by Gasteiger charge is 2.16. The molecule has 0 fully saturated rings.